The second kappa shape index (κ2) is 7.50. The highest BCUT2D eigenvalue weighted by Gasteiger charge is 2.18. The largest absolute Gasteiger partial charge is 0.346 e. The molecule has 114 valence electrons. The van der Waals surface area contributed by atoms with Crippen molar-refractivity contribution in [3.05, 3.63) is 30.1 Å². The summed E-state index contributed by atoms with van der Waals surface area (Å²) in [5.41, 5.74) is 1.96. The van der Waals surface area contributed by atoms with E-state index in [9.17, 15) is 4.79 Å². The van der Waals surface area contributed by atoms with E-state index in [1.54, 1.807) is 11.8 Å². The molecule has 0 spiro atoms. The zero-order valence-electron chi connectivity index (χ0n) is 12.8. The van der Waals surface area contributed by atoms with Gasteiger partial charge >= 0.3 is 0 Å². The van der Waals surface area contributed by atoms with E-state index in [0.29, 0.717) is 12.3 Å². The summed E-state index contributed by atoms with van der Waals surface area (Å²) in [6.45, 7) is 4.11. The Labute approximate surface area is 130 Å². The molecule has 0 saturated heterocycles. The van der Waals surface area contributed by atoms with Crippen LogP contribution in [0.2, 0.25) is 0 Å². The lowest BCUT2D eigenvalue weighted by molar-refractivity contribution is -0.122. The zero-order valence-corrected chi connectivity index (χ0v) is 13.7. The van der Waals surface area contributed by atoms with Crippen molar-refractivity contribution in [3.63, 3.8) is 0 Å². The van der Waals surface area contributed by atoms with Gasteiger partial charge in [0.25, 0.3) is 0 Å². The predicted octanol–water partition coefficient (Wildman–Crippen LogP) is 3.52. The fourth-order valence-electron chi connectivity index (χ4n) is 2.27. The molecule has 0 radical (unpaired) electrons. The fraction of sp³-hybridized carbons (Fsp3) is 0.500. The van der Waals surface area contributed by atoms with Crippen molar-refractivity contribution in [2.45, 2.75) is 32.7 Å². The first-order chi connectivity index (χ1) is 10.1. The number of aromatic nitrogens is 2. The molecule has 1 heterocycles. The monoisotopic (exact) mass is 305 g/mol. The average molecular weight is 305 g/mol. The van der Waals surface area contributed by atoms with Gasteiger partial charge in [0, 0.05) is 6.42 Å². The van der Waals surface area contributed by atoms with E-state index >= 15 is 0 Å². The number of thioether (sulfide) groups is 1. The number of nitrogens with one attached hydrogen (secondary N) is 2. The minimum Gasteiger partial charge on any atom is -0.346 e. The van der Waals surface area contributed by atoms with Gasteiger partial charge in [-0.2, -0.15) is 11.8 Å². The maximum Gasteiger partial charge on any atom is 0.220 e. The summed E-state index contributed by atoms with van der Waals surface area (Å²) in [4.78, 5) is 20.0. The van der Waals surface area contributed by atoms with Crippen molar-refractivity contribution in [2.24, 2.45) is 5.92 Å². The van der Waals surface area contributed by atoms with E-state index in [1.807, 2.05) is 24.3 Å². The Bertz CT molecular complexity index is 561. The highest BCUT2D eigenvalue weighted by atomic mass is 32.2. The summed E-state index contributed by atoms with van der Waals surface area (Å²) >= 11 is 1.78. The van der Waals surface area contributed by atoms with Crippen LogP contribution in [0.15, 0.2) is 24.3 Å². The first-order valence-corrected chi connectivity index (χ1v) is 8.72. The molecule has 0 aliphatic rings. The third-order valence-electron chi connectivity index (χ3n) is 3.28. The standard InChI is InChI=1S/C16H23N3OS/c1-11(2)10-15(20)17-14(8-9-21-3)16-18-12-6-4-5-7-13(12)19-16/h4-7,11,14H,8-10H2,1-3H3,(H,17,20)(H,18,19). The molecule has 2 rings (SSSR count). The Morgan fingerprint density at radius 3 is 2.81 bits per heavy atom. The van der Waals surface area contributed by atoms with Crippen molar-refractivity contribution in [3.8, 4) is 0 Å². The number of fused-ring (bicyclic) bond motifs is 1. The minimum absolute atomic E-state index is 0.0453. The summed E-state index contributed by atoms with van der Waals surface area (Å²) in [7, 11) is 0. The highest BCUT2D eigenvalue weighted by Crippen LogP contribution is 2.20. The Morgan fingerprint density at radius 2 is 2.14 bits per heavy atom. The average Bonchev–Trinajstić information content (AvgIpc) is 2.86. The molecule has 1 amide bonds. The fourth-order valence-corrected chi connectivity index (χ4v) is 2.75. The Balaban J connectivity index is 2.16. The zero-order chi connectivity index (χ0) is 15.2. The molecule has 0 aliphatic heterocycles. The molecule has 0 bridgehead atoms. The van der Waals surface area contributed by atoms with Crippen molar-refractivity contribution < 1.29 is 4.79 Å². The van der Waals surface area contributed by atoms with Crippen LogP contribution >= 0.6 is 11.8 Å². The number of nitrogens with zero attached hydrogens (tertiary/aromatic N) is 1. The molecule has 5 heteroatoms. The van der Waals surface area contributed by atoms with Crippen molar-refractivity contribution >= 4 is 28.7 Å². The van der Waals surface area contributed by atoms with Crippen LogP contribution in [0.5, 0.6) is 0 Å². The number of para-hydroxylation sites is 2. The van der Waals surface area contributed by atoms with Gasteiger partial charge in [-0.25, -0.2) is 4.98 Å². The van der Waals surface area contributed by atoms with Gasteiger partial charge in [0.05, 0.1) is 17.1 Å². The van der Waals surface area contributed by atoms with Crippen LogP contribution in [0.3, 0.4) is 0 Å². The predicted molar refractivity (Wildman–Crippen MR) is 89.4 cm³/mol. The van der Waals surface area contributed by atoms with Gasteiger partial charge in [0.15, 0.2) is 0 Å². The molecule has 1 aromatic carbocycles. The van der Waals surface area contributed by atoms with Crippen LogP contribution in [0.25, 0.3) is 11.0 Å². The van der Waals surface area contributed by atoms with Crippen LogP contribution in [0.4, 0.5) is 0 Å². The van der Waals surface area contributed by atoms with E-state index in [4.69, 9.17) is 0 Å². The molecule has 1 unspecified atom stereocenters. The summed E-state index contributed by atoms with van der Waals surface area (Å²) in [5.74, 6) is 2.30. The first-order valence-electron chi connectivity index (χ1n) is 7.33. The van der Waals surface area contributed by atoms with Crippen molar-refractivity contribution in [1.82, 2.24) is 15.3 Å². The minimum atomic E-state index is -0.0453. The van der Waals surface area contributed by atoms with Crippen LogP contribution in [0, 0.1) is 5.92 Å². The van der Waals surface area contributed by atoms with Crippen LogP contribution in [-0.4, -0.2) is 27.9 Å². The number of benzene rings is 1. The van der Waals surface area contributed by atoms with E-state index < -0.39 is 0 Å². The number of hydrogen-bond acceptors (Lipinski definition) is 3. The summed E-state index contributed by atoms with van der Waals surface area (Å²) in [5, 5.41) is 3.11. The van der Waals surface area contributed by atoms with Gasteiger partial charge in [-0.1, -0.05) is 26.0 Å². The van der Waals surface area contributed by atoms with Crippen LogP contribution in [0.1, 0.15) is 38.6 Å². The van der Waals surface area contributed by atoms with Gasteiger partial charge in [-0.15, -0.1) is 0 Å². The molecule has 0 aliphatic carbocycles. The van der Waals surface area contributed by atoms with Crippen molar-refractivity contribution in [1.29, 1.82) is 0 Å². The highest BCUT2D eigenvalue weighted by molar-refractivity contribution is 7.98. The van der Waals surface area contributed by atoms with E-state index in [0.717, 1.165) is 29.0 Å². The summed E-state index contributed by atoms with van der Waals surface area (Å²) < 4.78 is 0. The van der Waals surface area contributed by atoms with Gasteiger partial charge < -0.3 is 10.3 Å². The number of hydrogen-bond donors (Lipinski definition) is 2. The molecule has 2 N–H and O–H groups in total. The molecular formula is C16H23N3OS. The lowest BCUT2D eigenvalue weighted by Crippen LogP contribution is -2.30. The third-order valence-corrected chi connectivity index (χ3v) is 3.92. The Hall–Kier alpha value is -1.49. The van der Waals surface area contributed by atoms with E-state index in [2.05, 4.69) is 35.4 Å². The van der Waals surface area contributed by atoms with Crippen LogP contribution < -0.4 is 5.32 Å². The van der Waals surface area contributed by atoms with Gasteiger partial charge in [-0.05, 0) is 36.5 Å². The Morgan fingerprint density at radius 1 is 1.38 bits per heavy atom. The molecule has 4 nitrogen and oxygen atoms in total. The topological polar surface area (TPSA) is 57.8 Å². The maximum atomic E-state index is 12.1. The number of carbonyl (C=O) groups is 1. The van der Waals surface area contributed by atoms with E-state index in [-0.39, 0.29) is 11.9 Å². The Kier molecular flexibility index (Phi) is 5.67. The summed E-state index contributed by atoms with van der Waals surface area (Å²) in [6, 6.07) is 7.90. The van der Waals surface area contributed by atoms with Crippen molar-refractivity contribution in [2.75, 3.05) is 12.0 Å². The number of amides is 1. The molecule has 21 heavy (non-hydrogen) atoms. The number of rotatable bonds is 7. The number of imidazole rings is 1. The number of H-pyrrole nitrogens is 1. The molecule has 1 aromatic heterocycles. The molecule has 1 atom stereocenters. The van der Waals surface area contributed by atoms with Gasteiger partial charge in [-0.3, -0.25) is 4.79 Å². The second-order valence-electron chi connectivity index (χ2n) is 5.64. The second-order valence-corrected chi connectivity index (χ2v) is 6.62. The molecular weight excluding hydrogens is 282 g/mol. The maximum absolute atomic E-state index is 12.1. The molecule has 0 fully saturated rings. The lowest BCUT2D eigenvalue weighted by Gasteiger charge is -2.17. The SMILES string of the molecule is CSCCC(NC(=O)CC(C)C)c1nc2ccccc2[nH]1. The van der Waals surface area contributed by atoms with E-state index in [1.165, 1.54) is 0 Å². The quantitative estimate of drug-likeness (QED) is 0.823. The number of carbonyl (C=O) groups excluding carboxylic acids is 1. The molecule has 2 aromatic rings. The number of aromatic amines is 1. The third kappa shape index (κ3) is 4.49. The summed E-state index contributed by atoms with van der Waals surface area (Å²) in [6.07, 6.45) is 3.51. The van der Waals surface area contributed by atoms with Gasteiger partial charge in [0.1, 0.15) is 5.82 Å². The molecule has 0 saturated carbocycles. The normalized spacial score (nSPS) is 12.8. The van der Waals surface area contributed by atoms with Gasteiger partial charge in [0.2, 0.25) is 5.91 Å². The first kappa shape index (κ1) is 15.9. The smallest absolute Gasteiger partial charge is 0.220 e. The van der Waals surface area contributed by atoms with Crippen LogP contribution in [-0.2, 0) is 4.79 Å². The lowest BCUT2D eigenvalue weighted by atomic mass is 10.1.